The molecular weight excluding hydrogens is 326 g/mol. The summed E-state index contributed by atoms with van der Waals surface area (Å²) in [4.78, 5) is 23.1. The number of rotatable bonds is 3. The standard InChI is InChI=1S/C13H18BrN3O3/c1-13(2,3)17-12(19)20-7-10(18)16-9-6-4-5-8(14)11(9)15/h4-6H,7,15H2,1-3H3,(H,16,18)(H,17,19). The van der Waals surface area contributed by atoms with E-state index in [0.717, 1.165) is 0 Å². The molecule has 0 aromatic heterocycles. The topological polar surface area (TPSA) is 93.4 Å². The fraction of sp³-hybridized carbons (Fsp3) is 0.385. The second kappa shape index (κ2) is 6.60. The summed E-state index contributed by atoms with van der Waals surface area (Å²) in [5.41, 5.74) is 6.25. The largest absolute Gasteiger partial charge is 0.439 e. The van der Waals surface area contributed by atoms with E-state index in [0.29, 0.717) is 15.8 Å². The zero-order valence-electron chi connectivity index (χ0n) is 11.6. The van der Waals surface area contributed by atoms with Crippen LogP contribution in [0, 0.1) is 0 Å². The lowest BCUT2D eigenvalue weighted by Crippen LogP contribution is -2.41. The average molecular weight is 344 g/mol. The second-order valence-corrected chi connectivity index (χ2v) is 6.05. The molecular formula is C13H18BrN3O3. The van der Waals surface area contributed by atoms with E-state index in [-0.39, 0.29) is 6.61 Å². The van der Waals surface area contributed by atoms with E-state index in [1.165, 1.54) is 0 Å². The molecule has 0 aliphatic heterocycles. The molecule has 0 aliphatic carbocycles. The predicted molar refractivity (Wildman–Crippen MR) is 81.4 cm³/mol. The molecule has 0 heterocycles. The van der Waals surface area contributed by atoms with Crippen LogP contribution in [0.25, 0.3) is 0 Å². The number of nitrogen functional groups attached to an aromatic ring is 1. The highest BCUT2D eigenvalue weighted by atomic mass is 79.9. The molecule has 1 aromatic carbocycles. The first-order chi connectivity index (χ1) is 9.19. The number of nitrogens with one attached hydrogen (secondary N) is 2. The Morgan fingerprint density at radius 2 is 2.00 bits per heavy atom. The second-order valence-electron chi connectivity index (χ2n) is 5.20. The first-order valence-electron chi connectivity index (χ1n) is 5.98. The molecule has 0 spiro atoms. The van der Waals surface area contributed by atoms with Crippen LogP contribution in [-0.4, -0.2) is 24.1 Å². The molecule has 0 atom stereocenters. The number of benzene rings is 1. The van der Waals surface area contributed by atoms with Crippen LogP contribution in [0.5, 0.6) is 0 Å². The van der Waals surface area contributed by atoms with E-state index in [4.69, 9.17) is 10.5 Å². The lowest BCUT2D eigenvalue weighted by Gasteiger charge is -2.19. The molecule has 0 fully saturated rings. The van der Waals surface area contributed by atoms with Crippen LogP contribution < -0.4 is 16.4 Å². The number of halogens is 1. The number of alkyl carbamates (subject to hydrolysis) is 1. The third-order valence-corrected chi connectivity index (χ3v) is 2.83. The molecule has 0 unspecified atom stereocenters. The van der Waals surface area contributed by atoms with Crippen molar-refractivity contribution < 1.29 is 14.3 Å². The van der Waals surface area contributed by atoms with Gasteiger partial charge in [-0.15, -0.1) is 0 Å². The zero-order valence-corrected chi connectivity index (χ0v) is 13.2. The van der Waals surface area contributed by atoms with E-state index in [9.17, 15) is 9.59 Å². The van der Waals surface area contributed by atoms with Gasteiger partial charge < -0.3 is 21.1 Å². The van der Waals surface area contributed by atoms with Gasteiger partial charge in [0.05, 0.1) is 11.4 Å². The number of hydrogen-bond acceptors (Lipinski definition) is 4. The van der Waals surface area contributed by atoms with Crippen LogP contribution >= 0.6 is 15.9 Å². The van der Waals surface area contributed by atoms with Crippen molar-refractivity contribution in [1.29, 1.82) is 0 Å². The Morgan fingerprint density at radius 3 is 2.60 bits per heavy atom. The Balaban J connectivity index is 2.49. The van der Waals surface area contributed by atoms with E-state index >= 15 is 0 Å². The minimum Gasteiger partial charge on any atom is -0.439 e. The Labute approximate surface area is 126 Å². The number of anilines is 2. The Morgan fingerprint density at radius 1 is 1.35 bits per heavy atom. The smallest absolute Gasteiger partial charge is 0.408 e. The van der Waals surface area contributed by atoms with Gasteiger partial charge in [0, 0.05) is 10.0 Å². The van der Waals surface area contributed by atoms with E-state index < -0.39 is 17.5 Å². The van der Waals surface area contributed by atoms with Crippen LogP contribution in [0.4, 0.5) is 16.2 Å². The summed E-state index contributed by atoms with van der Waals surface area (Å²) in [6, 6.07) is 5.16. The first kappa shape index (κ1) is 16.3. The maximum Gasteiger partial charge on any atom is 0.408 e. The van der Waals surface area contributed by atoms with Gasteiger partial charge in [0.15, 0.2) is 6.61 Å². The number of carbonyl (C=O) groups is 2. The maximum atomic E-state index is 11.7. The summed E-state index contributed by atoms with van der Waals surface area (Å²) in [7, 11) is 0. The maximum absolute atomic E-state index is 11.7. The van der Waals surface area contributed by atoms with Crippen LogP contribution in [0.15, 0.2) is 22.7 Å². The van der Waals surface area contributed by atoms with Crippen molar-refractivity contribution in [2.75, 3.05) is 17.7 Å². The lowest BCUT2D eigenvalue weighted by molar-refractivity contribution is -0.119. The van der Waals surface area contributed by atoms with Gasteiger partial charge in [-0.3, -0.25) is 4.79 Å². The van der Waals surface area contributed by atoms with Gasteiger partial charge in [0.1, 0.15) is 0 Å². The summed E-state index contributed by atoms with van der Waals surface area (Å²) >= 11 is 3.26. The summed E-state index contributed by atoms with van der Waals surface area (Å²) in [6.07, 6.45) is -0.644. The molecule has 7 heteroatoms. The molecule has 0 bridgehead atoms. The SMILES string of the molecule is CC(C)(C)NC(=O)OCC(=O)Nc1cccc(Br)c1N. The molecule has 110 valence electrons. The highest BCUT2D eigenvalue weighted by Gasteiger charge is 2.16. The number of para-hydroxylation sites is 1. The third kappa shape index (κ3) is 5.48. The van der Waals surface area contributed by atoms with E-state index in [1.54, 1.807) is 18.2 Å². The van der Waals surface area contributed by atoms with Crippen molar-refractivity contribution in [1.82, 2.24) is 5.32 Å². The molecule has 6 nitrogen and oxygen atoms in total. The van der Waals surface area contributed by atoms with Crippen molar-refractivity contribution in [2.24, 2.45) is 0 Å². The third-order valence-electron chi connectivity index (χ3n) is 2.14. The molecule has 4 N–H and O–H groups in total. The Kier molecular flexibility index (Phi) is 5.38. The number of amides is 2. The summed E-state index contributed by atoms with van der Waals surface area (Å²) in [5.74, 6) is -0.459. The monoisotopic (exact) mass is 343 g/mol. The molecule has 0 aliphatic rings. The molecule has 0 saturated heterocycles. The quantitative estimate of drug-likeness (QED) is 0.735. The van der Waals surface area contributed by atoms with Gasteiger partial charge in [-0.2, -0.15) is 0 Å². The zero-order chi connectivity index (χ0) is 15.3. The van der Waals surface area contributed by atoms with E-state index in [1.807, 2.05) is 20.8 Å². The summed E-state index contributed by atoms with van der Waals surface area (Å²) in [6.45, 7) is 5.07. The number of hydrogen-bond donors (Lipinski definition) is 3. The van der Waals surface area contributed by atoms with Gasteiger partial charge in [-0.1, -0.05) is 6.07 Å². The van der Waals surface area contributed by atoms with Gasteiger partial charge in [0.25, 0.3) is 5.91 Å². The van der Waals surface area contributed by atoms with Crippen LogP contribution in [0.2, 0.25) is 0 Å². The van der Waals surface area contributed by atoms with Crippen LogP contribution in [-0.2, 0) is 9.53 Å². The molecule has 2 amide bonds. The number of ether oxygens (including phenoxy) is 1. The highest BCUT2D eigenvalue weighted by molar-refractivity contribution is 9.10. The van der Waals surface area contributed by atoms with Gasteiger partial charge >= 0.3 is 6.09 Å². The van der Waals surface area contributed by atoms with Crippen molar-refractivity contribution in [3.8, 4) is 0 Å². The molecule has 1 rings (SSSR count). The van der Waals surface area contributed by atoms with Crippen LogP contribution in [0.3, 0.4) is 0 Å². The number of nitrogens with two attached hydrogens (primary N) is 1. The molecule has 0 saturated carbocycles. The fourth-order valence-electron chi connectivity index (χ4n) is 1.31. The molecule has 1 aromatic rings. The Bertz CT molecular complexity index is 512. The first-order valence-corrected chi connectivity index (χ1v) is 6.77. The minimum atomic E-state index is -0.644. The van der Waals surface area contributed by atoms with E-state index in [2.05, 4.69) is 26.6 Å². The van der Waals surface area contributed by atoms with Gasteiger partial charge in [0.2, 0.25) is 0 Å². The van der Waals surface area contributed by atoms with Crippen LogP contribution in [0.1, 0.15) is 20.8 Å². The minimum absolute atomic E-state index is 0.381. The molecule has 0 radical (unpaired) electrons. The van der Waals surface area contributed by atoms with Crippen molar-refractivity contribution in [2.45, 2.75) is 26.3 Å². The van der Waals surface area contributed by atoms with Gasteiger partial charge in [-0.05, 0) is 48.8 Å². The van der Waals surface area contributed by atoms with Crippen molar-refractivity contribution in [3.63, 3.8) is 0 Å². The molecule has 20 heavy (non-hydrogen) atoms. The predicted octanol–water partition coefficient (Wildman–Crippen LogP) is 2.49. The van der Waals surface area contributed by atoms with Gasteiger partial charge in [-0.25, -0.2) is 4.79 Å². The van der Waals surface area contributed by atoms with Crippen molar-refractivity contribution >= 4 is 39.3 Å². The van der Waals surface area contributed by atoms with Crippen molar-refractivity contribution in [3.05, 3.63) is 22.7 Å². The summed E-state index contributed by atoms with van der Waals surface area (Å²) < 4.78 is 5.49. The summed E-state index contributed by atoms with van der Waals surface area (Å²) in [5, 5.41) is 5.16. The normalized spacial score (nSPS) is 10.8. The lowest BCUT2D eigenvalue weighted by atomic mass is 10.1. The fourth-order valence-corrected chi connectivity index (χ4v) is 1.67. The Hall–Kier alpha value is -1.76. The number of carbonyl (C=O) groups excluding carboxylic acids is 2. The average Bonchev–Trinajstić information content (AvgIpc) is 2.30. The highest BCUT2D eigenvalue weighted by Crippen LogP contribution is 2.26.